The Labute approximate surface area is 230 Å². The number of rotatable bonds is 7. The third-order valence-electron chi connectivity index (χ3n) is 7.37. The Kier molecular flexibility index (Phi) is 7.92. The van der Waals surface area contributed by atoms with Crippen LogP contribution in [0.5, 0.6) is 0 Å². The molecular formula is C33H34N4O2. The molecule has 0 atom stereocenters. The lowest BCUT2D eigenvalue weighted by atomic mass is 9.98. The second kappa shape index (κ2) is 11.9. The quantitative estimate of drug-likeness (QED) is 0.262. The average Bonchev–Trinajstić information content (AvgIpc) is 2.95. The molecule has 0 fully saturated rings. The average molecular weight is 519 g/mol. The fourth-order valence-corrected chi connectivity index (χ4v) is 5.00. The third-order valence-corrected chi connectivity index (χ3v) is 7.37. The van der Waals surface area contributed by atoms with Gasteiger partial charge in [-0.15, -0.1) is 0 Å². The lowest BCUT2D eigenvalue weighted by molar-refractivity contribution is 0.0954. The van der Waals surface area contributed by atoms with Crippen molar-refractivity contribution in [3.8, 4) is 0 Å². The number of hydrogen-bond donors (Lipinski definition) is 3. The number of urea groups is 1. The molecule has 198 valence electrons. The summed E-state index contributed by atoms with van der Waals surface area (Å²) in [6.45, 7) is 6.07. The normalized spacial score (nSPS) is 12.4. The highest BCUT2D eigenvalue weighted by atomic mass is 16.2. The Bertz CT molecular complexity index is 1480. The van der Waals surface area contributed by atoms with Gasteiger partial charge in [0.15, 0.2) is 0 Å². The molecule has 4 aromatic rings. The third kappa shape index (κ3) is 6.29. The molecule has 0 bridgehead atoms. The number of carbonyl (C=O) groups excluding carboxylic acids is 2. The monoisotopic (exact) mass is 518 g/mol. The summed E-state index contributed by atoms with van der Waals surface area (Å²) in [6, 6.07) is 29.6. The van der Waals surface area contributed by atoms with Crippen LogP contribution >= 0.6 is 0 Å². The van der Waals surface area contributed by atoms with Crippen LogP contribution in [0.4, 0.5) is 21.9 Å². The Morgan fingerprint density at radius 2 is 1.59 bits per heavy atom. The second-order valence-corrected chi connectivity index (χ2v) is 9.99. The number of nitrogens with zero attached hydrogens (tertiary/aromatic N) is 1. The van der Waals surface area contributed by atoms with Gasteiger partial charge < -0.3 is 20.9 Å². The highest BCUT2D eigenvalue weighted by molar-refractivity contribution is 6.04. The van der Waals surface area contributed by atoms with Crippen molar-refractivity contribution in [2.24, 2.45) is 0 Å². The fourth-order valence-electron chi connectivity index (χ4n) is 5.00. The summed E-state index contributed by atoms with van der Waals surface area (Å²) >= 11 is 0. The van der Waals surface area contributed by atoms with Crippen LogP contribution in [-0.4, -0.2) is 25.0 Å². The predicted molar refractivity (Wildman–Crippen MR) is 159 cm³/mol. The SMILES string of the molecule is Cc1cccc(NC(=O)Nc2ccc(N3CCc4ccccc4C3)c(C(=O)NCCc3ccccc3)c2)c1C. The topological polar surface area (TPSA) is 73.5 Å². The summed E-state index contributed by atoms with van der Waals surface area (Å²) in [4.78, 5) is 28.6. The molecule has 1 aliphatic rings. The van der Waals surface area contributed by atoms with Gasteiger partial charge in [-0.3, -0.25) is 4.79 Å². The summed E-state index contributed by atoms with van der Waals surface area (Å²) in [5.41, 5.74) is 8.65. The first-order chi connectivity index (χ1) is 19.0. The number of fused-ring (bicyclic) bond motifs is 1. The van der Waals surface area contributed by atoms with Crippen molar-refractivity contribution in [3.63, 3.8) is 0 Å². The van der Waals surface area contributed by atoms with E-state index in [0.717, 1.165) is 48.4 Å². The van der Waals surface area contributed by atoms with Crippen molar-refractivity contribution in [1.82, 2.24) is 5.32 Å². The molecule has 5 rings (SSSR count). The molecule has 3 N–H and O–H groups in total. The summed E-state index contributed by atoms with van der Waals surface area (Å²) in [6.07, 6.45) is 1.67. The minimum absolute atomic E-state index is 0.154. The molecule has 0 unspecified atom stereocenters. The van der Waals surface area contributed by atoms with E-state index in [2.05, 4.69) is 57.2 Å². The van der Waals surface area contributed by atoms with Gasteiger partial charge >= 0.3 is 6.03 Å². The molecule has 6 nitrogen and oxygen atoms in total. The summed E-state index contributed by atoms with van der Waals surface area (Å²) in [5, 5.41) is 8.93. The summed E-state index contributed by atoms with van der Waals surface area (Å²) < 4.78 is 0. The number of aryl methyl sites for hydroxylation is 1. The molecule has 0 saturated carbocycles. The molecule has 1 heterocycles. The van der Waals surface area contributed by atoms with E-state index in [4.69, 9.17) is 0 Å². The van der Waals surface area contributed by atoms with Gasteiger partial charge in [0.1, 0.15) is 0 Å². The number of hydrogen-bond acceptors (Lipinski definition) is 3. The van der Waals surface area contributed by atoms with Gasteiger partial charge in [0, 0.05) is 36.7 Å². The van der Waals surface area contributed by atoms with E-state index in [1.54, 1.807) is 6.07 Å². The maximum Gasteiger partial charge on any atom is 0.323 e. The van der Waals surface area contributed by atoms with Crippen molar-refractivity contribution >= 4 is 29.0 Å². The maximum atomic E-state index is 13.5. The van der Waals surface area contributed by atoms with E-state index in [9.17, 15) is 9.59 Å². The van der Waals surface area contributed by atoms with Crippen LogP contribution in [0.25, 0.3) is 0 Å². The zero-order valence-electron chi connectivity index (χ0n) is 22.5. The van der Waals surface area contributed by atoms with Crippen molar-refractivity contribution < 1.29 is 9.59 Å². The Morgan fingerprint density at radius 1 is 0.821 bits per heavy atom. The Hall–Kier alpha value is -4.58. The lowest BCUT2D eigenvalue weighted by Gasteiger charge is -2.32. The first kappa shape index (κ1) is 26.0. The molecule has 0 spiro atoms. The largest absolute Gasteiger partial charge is 0.366 e. The van der Waals surface area contributed by atoms with E-state index in [-0.39, 0.29) is 11.9 Å². The summed E-state index contributed by atoms with van der Waals surface area (Å²) in [7, 11) is 0. The van der Waals surface area contributed by atoms with Gasteiger partial charge in [-0.25, -0.2) is 4.79 Å². The van der Waals surface area contributed by atoms with Crippen LogP contribution in [0, 0.1) is 13.8 Å². The molecule has 0 radical (unpaired) electrons. The minimum Gasteiger partial charge on any atom is -0.366 e. The van der Waals surface area contributed by atoms with Crippen LogP contribution in [-0.2, 0) is 19.4 Å². The number of nitrogens with one attached hydrogen (secondary N) is 3. The molecule has 1 aliphatic heterocycles. The van der Waals surface area contributed by atoms with Crippen LogP contribution in [0.2, 0.25) is 0 Å². The number of anilines is 3. The molecule has 4 aromatic carbocycles. The van der Waals surface area contributed by atoms with Crippen molar-refractivity contribution in [2.75, 3.05) is 28.6 Å². The van der Waals surface area contributed by atoms with Crippen LogP contribution in [0.1, 0.15) is 38.2 Å². The van der Waals surface area contributed by atoms with E-state index in [1.807, 2.05) is 62.4 Å². The van der Waals surface area contributed by atoms with Gasteiger partial charge in [0.2, 0.25) is 0 Å². The molecule has 0 aromatic heterocycles. The molecule has 0 aliphatic carbocycles. The highest BCUT2D eigenvalue weighted by Gasteiger charge is 2.22. The fraction of sp³-hybridized carbons (Fsp3) is 0.212. The lowest BCUT2D eigenvalue weighted by Crippen LogP contribution is -2.33. The maximum absolute atomic E-state index is 13.5. The summed E-state index contributed by atoms with van der Waals surface area (Å²) in [5.74, 6) is -0.154. The number of amides is 3. The predicted octanol–water partition coefficient (Wildman–Crippen LogP) is 6.48. The van der Waals surface area contributed by atoms with Gasteiger partial charge in [0.25, 0.3) is 5.91 Å². The van der Waals surface area contributed by atoms with Crippen molar-refractivity contribution in [2.45, 2.75) is 33.2 Å². The van der Waals surface area contributed by atoms with E-state index in [0.29, 0.717) is 17.8 Å². The zero-order chi connectivity index (χ0) is 27.2. The number of benzene rings is 4. The van der Waals surface area contributed by atoms with Crippen molar-refractivity contribution in [3.05, 3.63) is 124 Å². The van der Waals surface area contributed by atoms with Gasteiger partial charge in [-0.05, 0) is 78.8 Å². The highest BCUT2D eigenvalue weighted by Crippen LogP contribution is 2.30. The van der Waals surface area contributed by atoms with E-state index >= 15 is 0 Å². The zero-order valence-corrected chi connectivity index (χ0v) is 22.5. The Morgan fingerprint density at radius 3 is 2.41 bits per heavy atom. The van der Waals surface area contributed by atoms with Crippen molar-refractivity contribution in [1.29, 1.82) is 0 Å². The first-order valence-corrected chi connectivity index (χ1v) is 13.4. The van der Waals surface area contributed by atoms with Gasteiger partial charge in [-0.2, -0.15) is 0 Å². The smallest absolute Gasteiger partial charge is 0.323 e. The standard InChI is InChI=1S/C33H34N4O2/c1-23-9-8-14-30(24(23)2)36-33(39)35-28-15-16-31(37-20-18-26-12-6-7-13-27(26)22-37)29(21-28)32(38)34-19-17-25-10-4-3-5-11-25/h3-16,21H,17-20,22H2,1-2H3,(H,34,38)(H2,35,36,39). The van der Waals surface area contributed by atoms with E-state index in [1.165, 1.54) is 16.7 Å². The minimum atomic E-state index is -0.348. The van der Waals surface area contributed by atoms with Gasteiger partial charge in [0.05, 0.1) is 5.56 Å². The first-order valence-electron chi connectivity index (χ1n) is 13.4. The van der Waals surface area contributed by atoms with Gasteiger partial charge in [-0.1, -0.05) is 66.7 Å². The second-order valence-electron chi connectivity index (χ2n) is 9.99. The Balaban J connectivity index is 1.36. The molecule has 3 amide bonds. The molecule has 39 heavy (non-hydrogen) atoms. The molecule has 6 heteroatoms. The van der Waals surface area contributed by atoms with E-state index < -0.39 is 0 Å². The molecular weight excluding hydrogens is 484 g/mol. The molecule has 0 saturated heterocycles. The number of carbonyl (C=O) groups is 2. The van der Waals surface area contributed by atoms with Crippen LogP contribution in [0.3, 0.4) is 0 Å². The van der Waals surface area contributed by atoms with Crippen LogP contribution < -0.4 is 20.9 Å². The van der Waals surface area contributed by atoms with Crippen LogP contribution in [0.15, 0.2) is 91.0 Å².